The van der Waals surface area contributed by atoms with E-state index in [1.807, 2.05) is 0 Å². The molecule has 1 aliphatic carbocycles. The highest BCUT2D eigenvalue weighted by molar-refractivity contribution is 4.76. The van der Waals surface area contributed by atoms with Gasteiger partial charge in [-0.2, -0.15) is 0 Å². The SMILES string of the molecule is CC(CO)[C@H]1CC[C@H](N)CC1. The van der Waals surface area contributed by atoms with Crippen LogP contribution in [0.1, 0.15) is 32.6 Å². The Balaban J connectivity index is 2.27. The molecule has 0 aromatic heterocycles. The Morgan fingerprint density at radius 2 is 1.91 bits per heavy atom. The second-order valence-electron chi connectivity index (χ2n) is 3.83. The van der Waals surface area contributed by atoms with E-state index in [1.54, 1.807) is 0 Å². The summed E-state index contributed by atoms with van der Waals surface area (Å²) in [5.41, 5.74) is 5.78. The Morgan fingerprint density at radius 1 is 1.36 bits per heavy atom. The summed E-state index contributed by atoms with van der Waals surface area (Å²) in [7, 11) is 0. The molecule has 0 radical (unpaired) electrons. The van der Waals surface area contributed by atoms with Crippen molar-refractivity contribution in [2.75, 3.05) is 6.61 Å². The molecule has 0 bridgehead atoms. The van der Waals surface area contributed by atoms with E-state index in [2.05, 4.69) is 6.92 Å². The Morgan fingerprint density at radius 3 is 2.36 bits per heavy atom. The number of aliphatic hydroxyl groups excluding tert-OH is 1. The summed E-state index contributed by atoms with van der Waals surface area (Å²) in [4.78, 5) is 0. The van der Waals surface area contributed by atoms with E-state index in [1.165, 1.54) is 12.8 Å². The third-order valence-corrected chi connectivity index (χ3v) is 2.91. The van der Waals surface area contributed by atoms with Gasteiger partial charge in [0.2, 0.25) is 0 Å². The van der Waals surface area contributed by atoms with Crippen LogP contribution < -0.4 is 5.73 Å². The Hall–Kier alpha value is -0.0800. The van der Waals surface area contributed by atoms with Crippen molar-refractivity contribution in [2.24, 2.45) is 17.6 Å². The summed E-state index contributed by atoms with van der Waals surface area (Å²) in [6, 6.07) is 0.428. The average molecular weight is 157 g/mol. The van der Waals surface area contributed by atoms with Gasteiger partial charge in [0.25, 0.3) is 0 Å². The second-order valence-corrected chi connectivity index (χ2v) is 3.83. The minimum absolute atomic E-state index is 0.333. The largest absolute Gasteiger partial charge is 0.396 e. The van der Waals surface area contributed by atoms with Gasteiger partial charge >= 0.3 is 0 Å². The molecular weight excluding hydrogens is 138 g/mol. The molecule has 0 amide bonds. The molecule has 1 unspecified atom stereocenters. The van der Waals surface area contributed by atoms with Crippen molar-refractivity contribution in [1.29, 1.82) is 0 Å². The fourth-order valence-electron chi connectivity index (χ4n) is 1.86. The number of hydrogen-bond acceptors (Lipinski definition) is 2. The summed E-state index contributed by atoms with van der Waals surface area (Å²) in [6.07, 6.45) is 4.72. The molecule has 1 atom stereocenters. The number of aliphatic hydroxyl groups is 1. The summed E-state index contributed by atoms with van der Waals surface area (Å²) in [5, 5.41) is 8.92. The van der Waals surface area contributed by atoms with Crippen LogP contribution in [0, 0.1) is 11.8 Å². The molecule has 1 saturated carbocycles. The van der Waals surface area contributed by atoms with Crippen molar-refractivity contribution < 1.29 is 5.11 Å². The van der Waals surface area contributed by atoms with Crippen molar-refractivity contribution in [3.8, 4) is 0 Å². The quantitative estimate of drug-likeness (QED) is 0.631. The molecule has 0 aromatic carbocycles. The standard InChI is InChI=1S/C9H19NO/c1-7(6-11)8-2-4-9(10)5-3-8/h7-9,11H,2-6,10H2,1H3/t7?,8-,9-. The van der Waals surface area contributed by atoms with Crippen LogP contribution in [0.2, 0.25) is 0 Å². The lowest BCUT2D eigenvalue weighted by Gasteiger charge is -2.29. The molecule has 0 spiro atoms. The Bertz CT molecular complexity index is 108. The minimum atomic E-state index is 0.333. The molecule has 0 aromatic rings. The zero-order valence-corrected chi connectivity index (χ0v) is 7.29. The van der Waals surface area contributed by atoms with Gasteiger partial charge in [0.15, 0.2) is 0 Å². The van der Waals surface area contributed by atoms with Gasteiger partial charge in [0, 0.05) is 12.6 Å². The molecule has 0 saturated heterocycles. The van der Waals surface area contributed by atoms with Crippen LogP contribution in [-0.2, 0) is 0 Å². The maximum atomic E-state index is 8.92. The average Bonchev–Trinajstić information content (AvgIpc) is 2.05. The van der Waals surface area contributed by atoms with Gasteiger partial charge in [-0.25, -0.2) is 0 Å². The highest BCUT2D eigenvalue weighted by atomic mass is 16.3. The zero-order valence-electron chi connectivity index (χ0n) is 7.29. The van der Waals surface area contributed by atoms with Gasteiger partial charge in [-0.3, -0.25) is 0 Å². The van der Waals surface area contributed by atoms with Crippen LogP contribution in [0.25, 0.3) is 0 Å². The molecule has 0 aliphatic heterocycles. The first-order valence-electron chi connectivity index (χ1n) is 4.60. The minimum Gasteiger partial charge on any atom is -0.396 e. The second kappa shape index (κ2) is 4.07. The van der Waals surface area contributed by atoms with Crippen LogP contribution >= 0.6 is 0 Å². The number of rotatable bonds is 2. The van der Waals surface area contributed by atoms with E-state index in [0.29, 0.717) is 18.6 Å². The lowest BCUT2D eigenvalue weighted by atomic mass is 9.79. The van der Waals surface area contributed by atoms with E-state index >= 15 is 0 Å². The number of hydrogen-bond donors (Lipinski definition) is 2. The molecule has 11 heavy (non-hydrogen) atoms. The first-order chi connectivity index (χ1) is 5.24. The van der Waals surface area contributed by atoms with Crippen LogP contribution in [0.4, 0.5) is 0 Å². The van der Waals surface area contributed by atoms with Crippen molar-refractivity contribution in [2.45, 2.75) is 38.6 Å². The molecule has 66 valence electrons. The van der Waals surface area contributed by atoms with Crippen LogP contribution in [0.15, 0.2) is 0 Å². The Kier molecular flexibility index (Phi) is 3.34. The van der Waals surface area contributed by atoms with Crippen LogP contribution in [0.3, 0.4) is 0 Å². The maximum Gasteiger partial charge on any atom is 0.0459 e. The topological polar surface area (TPSA) is 46.2 Å². The van der Waals surface area contributed by atoms with Crippen molar-refractivity contribution in [3.63, 3.8) is 0 Å². The first-order valence-corrected chi connectivity index (χ1v) is 4.60. The zero-order chi connectivity index (χ0) is 8.27. The summed E-state index contributed by atoms with van der Waals surface area (Å²) in [6.45, 7) is 2.46. The smallest absolute Gasteiger partial charge is 0.0459 e. The van der Waals surface area contributed by atoms with E-state index in [-0.39, 0.29) is 0 Å². The predicted octanol–water partition coefficient (Wildman–Crippen LogP) is 1.13. The third kappa shape index (κ3) is 2.46. The normalized spacial score (nSPS) is 35.2. The van der Waals surface area contributed by atoms with E-state index < -0.39 is 0 Å². The van der Waals surface area contributed by atoms with Gasteiger partial charge in [-0.1, -0.05) is 6.92 Å². The van der Waals surface area contributed by atoms with Gasteiger partial charge in [-0.15, -0.1) is 0 Å². The van der Waals surface area contributed by atoms with Gasteiger partial charge < -0.3 is 10.8 Å². The number of nitrogens with two attached hydrogens (primary N) is 1. The molecule has 2 nitrogen and oxygen atoms in total. The maximum absolute atomic E-state index is 8.92. The van der Waals surface area contributed by atoms with E-state index in [4.69, 9.17) is 10.8 Å². The molecule has 0 heterocycles. The third-order valence-electron chi connectivity index (χ3n) is 2.91. The fourth-order valence-corrected chi connectivity index (χ4v) is 1.86. The molecule has 1 fully saturated rings. The summed E-state index contributed by atoms with van der Waals surface area (Å²) >= 11 is 0. The first kappa shape index (κ1) is 9.01. The van der Waals surface area contributed by atoms with Gasteiger partial charge in [0.05, 0.1) is 0 Å². The summed E-state index contributed by atoms with van der Waals surface area (Å²) in [5.74, 6) is 1.20. The summed E-state index contributed by atoms with van der Waals surface area (Å²) < 4.78 is 0. The van der Waals surface area contributed by atoms with Crippen LogP contribution in [0.5, 0.6) is 0 Å². The lowest BCUT2D eigenvalue weighted by molar-refractivity contribution is 0.155. The van der Waals surface area contributed by atoms with Crippen molar-refractivity contribution in [3.05, 3.63) is 0 Å². The van der Waals surface area contributed by atoms with Crippen molar-refractivity contribution >= 4 is 0 Å². The molecule has 3 N–H and O–H groups in total. The van der Waals surface area contributed by atoms with E-state index in [0.717, 1.165) is 18.8 Å². The van der Waals surface area contributed by atoms with Crippen LogP contribution in [-0.4, -0.2) is 17.8 Å². The van der Waals surface area contributed by atoms with Crippen molar-refractivity contribution in [1.82, 2.24) is 0 Å². The molecule has 1 rings (SSSR count). The monoisotopic (exact) mass is 157 g/mol. The predicted molar refractivity (Wildman–Crippen MR) is 46.2 cm³/mol. The fraction of sp³-hybridized carbons (Fsp3) is 1.00. The lowest BCUT2D eigenvalue weighted by Crippen LogP contribution is -2.29. The highest BCUT2D eigenvalue weighted by Crippen LogP contribution is 2.28. The van der Waals surface area contributed by atoms with Gasteiger partial charge in [-0.05, 0) is 37.5 Å². The molecule has 2 heteroatoms. The molecule has 1 aliphatic rings. The van der Waals surface area contributed by atoms with E-state index in [9.17, 15) is 0 Å². The molecular formula is C9H19NO. The van der Waals surface area contributed by atoms with Gasteiger partial charge in [0.1, 0.15) is 0 Å². The highest BCUT2D eigenvalue weighted by Gasteiger charge is 2.22. The Labute approximate surface area is 68.8 Å².